The number of aryl methyl sites for hydroxylation is 1. The number of hydrogen-bond acceptors (Lipinski definition) is 7. The van der Waals surface area contributed by atoms with Gasteiger partial charge >= 0.3 is 0 Å². The molecule has 0 aliphatic carbocycles. The lowest BCUT2D eigenvalue weighted by atomic mass is 9.94. The molecule has 0 amide bonds. The Morgan fingerprint density at radius 3 is 2.96 bits per heavy atom. The summed E-state index contributed by atoms with van der Waals surface area (Å²) in [7, 11) is 0. The zero-order valence-electron chi connectivity index (χ0n) is 13.5. The van der Waals surface area contributed by atoms with Crippen molar-refractivity contribution in [1.82, 2.24) is 29.9 Å². The zero-order chi connectivity index (χ0) is 16.4. The molecule has 24 heavy (non-hydrogen) atoms. The standard InChI is InChI=1S/C16H19N7O/c1-12-19-14(21-24-12)8-13-4-2-6-22(11-13)15-9-17-10-16(20-15)23-7-3-5-18-23/h3,5,7,9-10,13H,2,4,6,8,11H2,1H3. The van der Waals surface area contributed by atoms with Crippen LogP contribution in [0.15, 0.2) is 35.4 Å². The van der Waals surface area contributed by atoms with Crippen molar-refractivity contribution in [1.29, 1.82) is 0 Å². The molecule has 3 aromatic rings. The van der Waals surface area contributed by atoms with Gasteiger partial charge in [-0.3, -0.25) is 4.98 Å². The third-order valence-electron chi connectivity index (χ3n) is 4.23. The Kier molecular flexibility index (Phi) is 3.94. The van der Waals surface area contributed by atoms with Crippen molar-refractivity contribution < 1.29 is 4.52 Å². The van der Waals surface area contributed by atoms with E-state index in [2.05, 4.69) is 25.1 Å². The average Bonchev–Trinajstić information content (AvgIpc) is 3.27. The van der Waals surface area contributed by atoms with E-state index in [1.807, 2.05) is 25.4 Å². The molecule has 4 heterocycles. The number of aromatic nitrogens is 6. The first kappa shape index (κ1) is 14.8. The molecule has 1 aliphatic rings. The summed E-state index contributed by atoms with van der Waals surface area (Å²) in [6, 6.07) is 1.87. The molecule has 1 saturated heterocycles. The second-order valence-corrected chi connectivity index (χ2v) is 6.07. The lowest BCUT2D eigenvalue weighted by Crippen LogP contribution is -2.37. The largest absolute Gasteiger partial charge is 0.355 e. The van der Waals surface area contributed by atoms with Crippen molar-refractivity contribution in [3.8, 4) is 5.82 Å². The normalized spacial score (nSPS) is 18.0. The molecule has 8 nitrogen and oxygen atoms in total. The average molecular weight is 325 g/mol. The van der Waals surface area contributed by atoms with Crippen LogP contribution in [-0.4, -0.2) is 43.0 Å². The van der Waals surface area contributed by atoms with Gasteiger partial charge in [0.2, 0.25) is 5.89 Å². The van der Waals surface area contributed by atoms with Crippen molar-refractivity contribution in [2.24, 2.45) is 5.92 Å². The summed E-state index contributed by atoms with van der Waals surface area (Å²) in [6.07, 6.45) is 10.3. The fourth-order valence-corrected chi connectivity index (χ4v) is 3.13. The van der Waals surface area contributed by atoms with Gasteiger partial charge in [-0.2, -0.15) is 10.1 Å². The molecule has 0 bridgehead atoms. The van der Waals surface area contributed by atoms with Crippen LogP contribution in [0.4, 0.5) is 5.82 Å². The van der Waals surface area contributed by atoms with Crippen molar-refractivity contribution in [3.05, 3.63) is 42.6 Å². The highest BCUT2D eigenvalue weighted by atomic mass is 16.5. The van der Waals surface area contributed by atoms with Crippen molar-refractivity contribution in [3.63, 3.8) is 0 Å². The van der Waals surface area contributed by atoms with Crippen LogP contribution in [0.1, 0.15) is 24.6 Å². The van der Waals surface area contributed by atoms with Gasteiger partial charge in [-0.1, -0.05) is 5.16 Å². The monoisotopic (exact) mass is 325 g/mol. The summed E-state index contributed by atoms with van der Waals surface area (Å²) in [4.78, 5) is 15.6. The molecular formula is C16H19N7O. The molecule has 124 valence electrons. The van der Waals surface area contributed by atoms with Gasteiger partial charge in [-0.15, -0.1) is 0 Å². The Morgan fingerprint density at radius 1 is 1.25 bits per heavy atom. The second-order valence-electron chi connectivity index (χ2n) is 6.07. The van der Waals surface area contributed by atoms with Gasteiger partial charge in [0.15, 0.2) is 11.6 Å². The van der Waals surface area contributed by atoms with E-state index in [0.717, 1.165) is 49.8 Å². The van der Waals surface area contributed by atoms with Crippen LogP contribution in [-0.2, 0) is 6.42 Å². The first-order chi connectivity index (χ1) is 11.8. The lowest BCUT2D eigenvalue weighted by molar-refractivity contribution is 0.369. The van der Waals surface area contributed by atoms with E-state index in [4.69, 9.17) is 9.51 Å². The third kappa shape index (κ3) is 3.12. The maximum atomic E-state index is 5.07. The Labute approximate surface area is 139 Å². The summed E-state index contributed by atoms with van der Waals surface area (Å²) in [5.41, 5.74) is 0. The summed E-state index contributed by atoms with van der Waals surface area (Å²) in [6.45, 7) is 3.73. The van der Waals surface area contributed by atoms with Crippen LogP contribution in [0.5, 0.6) is 0 Å². The number of piperidine rings is 1. The molecular weight excluding hydrogens is 306 g/mol. The quantitative estimate of drug-likeness (QED) is 0.723. The molecule has 0 radical (unpaired) electrons. The zero-order valence-corrected chi connectivity index (χ0v) is 13.5. The SMILES string of the molecule is Cc1nc(CC2CCCN(c3cncc(-n4cccn4)n3)C2)no1. The predicted octanol–water partition coefficient (Wildman–Crippen LogP) is 1.81. The number of hydrogen-bond donors (Lipinski definition) is 0. The van der Waals surface area contributed by atoms with E-state index < -0.39 is 0 Å². The maximum Gasteiger partial charge on any atom is 0.223 e. The van der Waals surface area contributed by atoms with Crippen molar-refractivity contribution in [2.75, 3.05) is 18.0 Å². The van der Waals surface area contributed by atoms with Crippen LogP contribution < -0.4 is 4.90 Å². The smallest absolute Gasteiger partial charge is 0.223 e. The minimum absolute atomic E-state index is 0.492. The fraction of sp³-hybridized carbons (Fsp3) is 0.438. The molecule has 0 N–H and O–H groups in total. The highest BCUT2D eigenvalue weighted by Gasteiger charge is 2.23. The van der Waals surface area contributed by atoms with Gasteiger partial charge < -0.3 is 9.42 Å². The van der Waals surface area contributed by atoms with Crippen LogP contribution in [0, 0.1) is 12.8 Å². The second kappa shape index (κ2) is 6.38. The van der Waals surface area contributed by atoms with Gasteiger partial charge in [-0.25, -0.2) is 9.67 Å². The van der Waals surface area contributed by atoms with Crippen molar-refractivity contribution >= 4 is 5.82 Å². The van der Waals surface area contributed by atoms with E-state index in [-0.39, 0.29) is 0 Å². The van der Waals surface area contributed by atoms with Crippen LogP contribution in [0.25, 0.3) is 5.82 Å². The Bertz CT molecular complexity index is 798. The van der Waals surface area contributed by atoms with Gasteiger partial charge in [-0.05, 0) is 24.8 Å². The topological polar surface area (TPSA) is 85.8 Å². The van der Waals surface area contributed by atoms with Gasteiger partial charge in [0.25, 0.3) is 0 Å². The molecule has 1 fully saturated rings. The van der Waals surface area contributed by atoms with Crippen LogP contribution >= 0.6 is 0 Å². The summed E-state index contributed by atoms with van der Waals surface area (Å²) >= 11 is 0. The highest BCUT2D eigenvalue weighted by Crippen LogP contribution is 2.24. The predicted molar refractivity (Wildman–Crippen MR) is 86.8 cm³/mol. The molecule has 1 atom stereocenters. The van der Waals surface area contributed by atoms with E-state index in [1.54, 1.807) is 17.1 Å². The first-order valence-corrected chi connectivity index (χ1v) is 8.14. The van der Waals surface area contributed by atoms with E-state index in [9.17, 15) is 0 Å². The first-order valence-electron chi connectivity index (χ1n) is 8.14. The molecule has 1 unspecified atom stereocenters. The molecule has 0 spiro atoms. The summed E-state index contributed by atoms with van der Waals surface area (Å²) in [5.74, 6) is 3.52. The maximum absolute atomic E-state index is 5.07. The number of rotatable bonds is 4. The lowest BCUT2D eigenvalue weighted by Gasteiger charge is -2.33. The Hall–Kier alpha value is -2.77. The third-order valence-corrected chi connectivity index (χ3v) is 4.23. The molecule has 0 aromatic carbocycles. The Morgan fingerprint density at radius 2 is 2.17 bits per heavy atom. The van der Waals surface area contributed by atoms with Crippen LogP contribution in [0.2, 0.25) is 0 Å². The summed E-state index contributed by atoms with van der Waals surface area (Å²) < 4.78 is 6.79. The Balaban J connectivity index is 1.48. The number of anilines is 1. The van der Waals surface area contributed by atoms with Crippen LogP contribution in [0.3, 0.4) is 0 Å². The molecule has 1 aliphatic heterocycles. The van der Waals surface area contributed by atoms with E-state index in [0.29, 0.717) is 11.8 Å². The molecule has 4 rings (SSSR count). The van der Waals surface area contributed by atoms with Gasteiger partial charge in [0.05, 0.1) is 12.4 Å². The van der Waals surface area contributed by atoms with Gasteiger partial charge in [0.1, 0.15) is 5.82 Å². The molecule has 3 aromatic heterocycles. The van der Waals surface area contributed by atoms with E-state index in [1.165, 1.54) is 0 Å². The van der Waals surface area contributed by atoms with Gasteiger partial charge in [0, 0.05) is 38.8 Å². The highest BCUT2D eigenvalue weighted by molar-refractivity contribution is 5.39. The molecule has 8 heteroatoms. The van der Waals surface area contributed by atoms with E-state index >= 15 is 0 Å². The minimum Gasteiger partial charge on any atom is -0.355 e. The minimum atomic E-state index is 0.492. The fourth-order valence-electron chi connectivity index (χ4n) is 3.13. The summed E-state index contributed by atoms with van der Waals surface area (Å²) in [5, 5.41) is 8.23. The number of nitrogens with zero attached hydrogens (tertiary/aromatic N) is 7. The molecule has 0 saturated carbocycles. The van der Waals surface area contributed by atoms with Crippen molar-refractivity contribution in [2.45, 2.75) is 26.2 Å².